The number of esters is 1. The number of hydrogen-bond acceptors (Lipinski definition) is 6. The van der Waals surface area contributed by atoms with Crippen LogP contribution in [0.1, 0.15) is 99.8 Å². The maximum atomic E-state index is 12.9. The number of ether oxygens (including phenoxy) is 3. The maximum absolute atomic E-state index is 12.9. The molecular formula is C31H56O6Si. The van der Waals surface area contributed by atoms with Gasteiger partial charge in [-0.1, -0.05) is 71.3 Å². The van der Waals surface area contributed by atoms with E-state index < -0.39 is 14.1 Å². The van der Waals surface area contributed by atoms with Crippen molar-refractivity contribution in [3.63, 3.8) is 0 Å². The number of unbranched alkanes of at least 4 members (excludes halogenated alkanes) is 3. The molecule has 0 aromatic carbocycles. The van der Waals surface area contributed by atoms with Crippen LogP contribution >= 0.6 is 0 Å². The minimum atomic E-state index is -1.97. The number of hydrogen-bond donors (Lipinski definition) is 0. The van der Waals surface area contributed by atoms with Gasteiger partial charge in [0.2, 0.25) is 0 Å². The zero-order valence-corrected chi connectivity index (χ0v) is 26.9. The van der Waals surface area contributed by atoms with Crippen LogP contribution in [-0.2, 0) is 28.2 Å². The van der Waals surface area contributed by atoms with Crippen LogP contribution in [0.5, 0.6) is 0 Å². The van der Waals surface area contributed by atoms with Gasteiger partial charge in [0, 0.05) is 18.3 Å². The second-order valence-corrected chi connectivity index (χ2v) is 17.4. The largest absolute Gasteiger partial charge is 0.469 e. The molecule has 0 aliphatic carbocycles. The molecule has 1 saturated heterocycles. The fourth-order valence-electron chi connectivity index (χ4n) is 4.44. The Kier molecular flexibility index (Phi) is 14.7. The molecule has 38 heavy (non-hydrogen) atoms. The number of carbonyl (C=O) groups excluding carboxylic acids is 2. The first-order valence-electron chi connectivity index (χ1n) is 14.5. The second kappa shape index (κ2) is 16.1. The first kappa shape index (κ1) is 34.7. The predicted octanol–water partition coefficient (Wildman–Crippen LogP) is 7.78. The van der Waals surface area contributed by atoms with Crippen molar-refractivity contribution in [1.29, 1.82) is 0 Å². The van der Waals surface area contributed by atoms with E-state index in [1.165, 1.54) is 20.0 Å². The summed E-state index contributed by atoms with van der Waals surface area (Å²) >= 11 is 0. The summed E-state index contributed by atoms with van der Waals surface area (Å²) in [4.78, 5) is 24.3. The predicted molar refractivity (Wildman–Crippen MR) is 158 cm³/mol. The molecule has 0 bridgehead atoms. The van der Waals surface area contributed by atoms with Crippen molar-refractivity contribution in [1.82, 2.24) is 0 Å². The monoisotopic (exact) mass is 552 g/mol. The van der Waals surface area contributed by atoms with E-state index in [1.807, 2.05) is 13.8 Å². The van der Waals surface area contributed by atoms with E-state index in [0.29, 0.717) is 19.4 Å². The molecule has 4 atom stereocenters. The molecule has 1 rings (SSSR count). The summed E-state index contributed by atoms with van der Waals surface area (Å²) in [6, 6.07) is 0. The number of rotatable bonds is 17. The van der Waals surface area contributed by atoms with Crippen LogP contribution in [0, 0.1) is 11.8 Å². The Bertz CT molecular complexity index is 780. The average Bonchev–Trinajstić information content (AvgIpc) is 3.17. The molecule has 1 fully saturated rings. The Balaban J connectivity index is 3.14. The van der Waals surface area contributed by atoms with Crippen LogP contribution in [0.3, 0.4) is 0 Å². The standard InChI is InChI=1S/C31H56O6Si/c1-11-12-15-18-25(37-38(9,10)30(3,4)5)21-22-27(28-23-35-31(6,7)36-28)26(24(2)32)19-16-13-14-17-20-29(33)34-8/h13,16,21-22,25-28H,11-12,14-15,17-20,23H2,1-10H3/b16-13-,22-21+/t25-,26+,27+,28-/m0/s1. The van der Waals surface area contributed by atoms with Gasteiger partial charge in [-0.2, -0.15) is 0 Å². The van der Waals surface area contributed by atoms with Gasteiger partial charge in [0.15, 0.2) is 14.1 Å². The van der Waals surface area contributed by atoms with Gasteiger partial charge in [0.25, 0.3) is 0 Å². The van der Waals surface area contributed by atoms with Crippen LogP contribution in [-0.4, -0.2) is 51.8 Å². The smallest absolute Gasteiger partial charge is 0.305 e. The summed E-state index contributed by atoms with van der Waals surface area (Å²) in [5.74, 6) is -1.07. The van der Waals surface area contributed by atoms with Crippen molar-refractivity contribution in [2.75, 3.05) is 13.7 Å². The number of allylic oxidation sites excluding steroid dienone is 2. The van der Waals surface area contributed by atoms with Crippen LogP contribution in [0.2, 0.25) is 18.1 Å². The number of Topliss-reactive ketones (excluding diaryl/α,β-unsaturated/α-hetero) is 1. The number of ketones is 1. The molecule has 1 aliphatic rings. The fraction of sp³-hybridized carbons (Fsp3) is 0.806. The Morgan fingerprint density at radius 2 is 1.79 bits per heavy atom. The Labute approximate surface area is 234 Å². The third-order valence-electron chi connectivity index (χ3n) is 7.87. The summed E-state index contributed by atoms with van der Waals surface area (Å²) < 4.78 is 23.7. The summed E-state index contributed by atoms with van der Waals surface area (Å²) in [5.41, 5.74) is 0. The molecule has 0 amide bonds. The zero-order chi connectivity index (χ0) is 29.0. The van der Waals surface area contributed by atoms with Crippen LogP contribution < -0.4 is 0 Å². The van der Waals surface area contributed by atoms with E-state index >= 15 is 0 Å². The van der Waals surface area contributed by atoms with Gasteiger partial charge in [-0.25, -0.2) is 0 Å². The summed E-state index contributed by atoms with van der Waals surface area (Å²) in [6.45, 7) is 19.6. The molecule has 0 aromatic rings. The maximum Gasteiger partial charge on any atom is 0.305 e. The van der Waals surface area contributed by atoms with Gasteiger partial charge in [0.05, 0.1) is 25.9 Å². The van der Waals surface area contributed by atoms with E-state index in [2.05, 4.69) is 65.1 Å². The third kappa shape index (κ3) is 12.3. The minimum absolute atomic E-state index is 0.0155. The fourth-order valence-corrected chi connectivity index (χ4v) is 5.75. The van der Waals surface area contributed by atoms with Gasteiger partial charge in [0.1, 0.15) is 5.78 Å². The van der Waals surface area contributed by atoms with Gasteiger partial charge in [-0.3, -0.25) is 9.59 Å². The first-order valence-corrected chi connectivity index (χ1v) is 17.4. The molecule has 0 unspecified atom stereocenters. The van der Waals surface area contributed by atoms with E-state index in [0.717, 1.165) is 25.7 Å². The Morgan fingerprint density at radius 3 is 2.32 bits per heavy atom. The molecule has 0 radical (unpaired) electrons. The molecule has 0 N–H and O–H groups in total. The molecular weight excluding hydrogens is 496 g/mol. The third-order valence-corrected chi connectivity index (χ3v) is 12.4. The minimum Gasteiger partial charge on any atom is -0.469 e. The lowest BCUT2D eigenvalue weighted by atomic mass is 9.82. The van der Waals surface area contributed by atoms with Crippen molar-refractivity contribution in [3.8, 4) is 0 Å². The normalized spacial score (nSPS) is 20.6. The Hall–Kier alpha value is -1.28. The first-order chi connectivity index (χ1) is 17.6. The summed E-state index contributed by atoms with van der Waals surface area (Å²) in [7, 11) is -0.559. The highest BCUT2D eigenvalue weighted by Gasteiger charge is 2.41. The van der Waals surface area contributed by atoms with Crippen molar-refractivity contribution in [3.05, 3.63) is 24.3 Å². The van der Waals surface area contributed by atoms with Crippen LogP contribution in [0.15, 0.2) is 24.3 Å². The summed E-state index contributed by atoms with van der Waals surface area (Å²) in [6.07, 6.45) is 15.3. The molecule has 1 aliphatic heterocycles. The van der Waals surface area contributed by atoms with Crippen LogP contribution in [0.4, 0.5) is 0 Å². The summed E-state index contributed by atoms with van der Waals surface area (Å²) in [5, 5.41) is 0.121. The molecule has 220 valence electrons. The SMILES string of the molecule is CCCCC[C@@H](/C=C/[C@@H]([C@@H]1COC(C)(C)O1)[C@H](C/C=C\CCCC(=O)OC)C(C)=O)O[Si](C)(C)C(C)(C)C. The van der Waals surface area contributed by atoms with E-state index in [-0.39, 0.29) is 40.8 Å². The molecule has 0 saturated carbocycles. The Morgan fingerprint density at radius 1 is 1.11 bits per heavy atom. The topological polar surface area (TPSA) is 71.1 Å². The van der Waals surface area contributed by atoms with E-state index in [1.54, 1.807) is 6.92 Å². The second-order valence-electron chi connectivity index (χ2n) is 12.6. The zero-order valence-electron chi connectivity index (χ0n) is 25.9. The van der Waals surface area contributed by atoms with Crippen molar-refractivity contribution in [2.24, 2.45) is 11.8 Å². The highest BCUT2D eigenvalue weighted by Crippen LogP contribution is 2.38. The van der Waals surface area contributed by atoms with Gasteiger partial charge in [-0.05, 0) is 64.6 Å². The van der Waals surface area contributed by atoms with Gasteiger partial charge in [-0.15, -0.1) is 0 Å². The van der Waals surface area contributed by atoms with E-state index in [9.17, 15) is 9.59 Å². The van der Waals surface area contributed by atoms with Crippen LogP contribution in [0.25, 0.3) is 0 Å². The van der Waals surface area contributed by atoms with Crippen molar-refractivity contribution < 1.29 is 28.2 Å². The quantitative estimate of drug-likeness (QED) is 0.0794. The lowest BCUT2D eigenvalue weighted by Gasteiger charge is -2.39. The number of carbonyl (C=O) groups is 2. The van der Waals surface area contributed by atoms with Gasteiger partial charge < -0.3 is 18.6 Å². The van der Waals surface area contributed by atoms with Crippen molar-refractivity contribution >= 4 is 20.1 Å². The molecule has 0 spiro atoms. The molecule has 7 heteroatoms. The molecule has 6 nitrogen and oxygen atoms in total. The number of methoxy groups -OCH3 is 1. The molecule has 1 heterocycles. The van der Waals surface area contributed by atoms with E-state index in [4.69, 9.17) is 18.6 Å². The molecule has 0 aromatic heterocycles. The highest BCUT2D eigenvalue weighted by molar-refractivity contribution is 6.74. The lowest BCUT2D eigenvalue weighted by Crippen LogP contribution is -2.43. The van der Waals surface area contributed by atoms with Gasteiger partial charge >= 0.3 is 5.97 Å². The van der Waals surface area contributed by atoms with Crippen molar-refractivity contribution in [2.45, 2.75) is 136 Å². The highest BCUT2D eigenvalue weighted by atomic mass is 28.4. The lowest BCUT2D eigenvalue weighted by molar-refractivity contribution is -0.147. The average molecular weight is 553 g/mol.